The SMILES string of the molecule is CCCc1cc(NCCn2cc(N)cn2)ncn1. The van der Waals surface area contributed by atoms with Crippen LogP contribution in [-0.2, 0) is 13.0 Å². The maximum atomic E-state index is 5.59. The lowest BCUT2D eigenvalue weighted by atomic mass is 10.2. The zero-order valence-electron chi connectivity index (χ0n) is 10.5. The molecule has 0 saturated heterocycles. The minimum atomic E-state index is 0.683. The van der Waals surface area contributed by atoms with Crippen LogP contribution in [0.25, 0.3) is 0 Å². The van der Waals surface area contributed by atoms with Crippen molar-refractivity contribution in [3.63, 3.8) is 0 Å². The molecule has 0 unspecified atom stereocenters. The van der Waals surface area contributed by atoms with Crippen molar-refractivity contribution in [2.45, 2.75) is 26.3 Å². The van der Waals surface area contributed by atoms with Gasteiger partial charge in [0.1, 0.15) is 12.1 Å². The molecule has 96 valence electrons. The molecular weight excluding hydrogens is 228 g/mol. The van der Waals surface area contributed by atoms with Crippen molar-refractivity contribution in [1.29, 1.82) is 0 Å². The van der Waals surface area contributed by atoms with Crippen molar-refractivity contribution in [3.05, 3.63) is 30.5 Å². The van der Waals surface area contributed by atoms with Gasteiger partial charge < -0.3 is 11.1 Å². The average Bonchev–Trinajstić information content (AvgIpc) is 2.76. The van der Waals surface area contributed by atoms with Crippen LogP contribution in [-0.4, -0.2) is 26.3 Å². The summed E-state index contributed by atoms with van der Waals surface area (Å²) in [5, 5.41) is 7.36. The highest BCUT2D eigenvalue weighted by molar-refractivity contribution is 5.34. The van der Waals surface area contributed by atoms with E-state index in [0.29, 0.717) is 5.69 Å². The second-order valence-corrected chi connectivity index (χ2v) is 4.11. The molecule has 0 aliphatic heterocycles. The highest BCUT2D eigenvalue weighted by Crippen LogP contribution is 2.05. The summed E-state index contributed by atoms with van der Waals surface area (Å²) >= 11 is 0. The van der Waals surface area contributed by atoms with Crippen LogP contribution < -0.4 is 11.1 Å². The molecule has 6 nitrogen and oxygen atoms in total. The summed E-state index contributed by atoms with van der Waals surface area (Å²) in [6.07, 6.45) is 7.11. The Bertz CT molecular complexity index is 493. The van der Waals surface area contributed by atoms with E-state index in [1.807, 2.05) is 12.3 Å². The first-order valence-electron chi connectivity index (χ1n) is 6.10. The number of nitrogens with one attached hydrogen (secondary N) is 1. The first-order chi connectivity index (χ1) is 8.78. The van der Waals surface area contributed by atoms with E-state index in [1.54, 1.807) is 17.2 Å². The van der Waals surface area contributed by atoms with E-state index in [2.05, 4.69) is 27.3 Å². The second kappa shape index (κ2) is 6.00. The van der Waals surface area contributed by atoms with Gasteiger partial charge in [-0.3, -0.25) is 4.68 Å². The Labute approximate surface area is 106 Å². The van der Waals surface area contributed by atoms with Gasteiger partial charge in [0.2, 0.25) is 0 Å². The number of hydrogen-bond donors (Lipinski definition) is 2. The molecule has 0 spiro atoms. The van der Waals surface area contributed by atoms with Crippen molar-refractivity contribution >= 4 is 11.5 Å². The first-order valence-corrected chi connectivity index (χ1v) is 6.10. The second-order valence-electron chi connectivity index (χ2n) is 4.11. The number of nitrogen functional groups attached to an aromatic ring is 1. The molecule has 2 aromatic heterocycles. The number of aromatic nitrogens is 4. The van der Waals surface area contributed by atoms with Crippen LogP contribution in [0, 0.1) is 0 Å². The number of hydrogen-bond acceptors (Lipinski definition) is 5. The lowest BCUT2D eigenvalue weighted by Crippen LogP contribution is -2.12. The summed E-state index contributed by atoms with van der Waals surface area (Å²) in [4.78, 5) is 8.39. The standard InChI is InChI=1S/C12H18N6/c1-2-3-11-6-12(16-9-15-11)14-4-5-18-8-10(13)7-17-18/h6-9H,2-5,13H2,1H3,(H,14,15,16). The van der Waals surface area contributed by atoms with Crippen LogP contribution in [0.15, 0.2) is 24.8 Å². The third-order valence-corrected chi connectivity index (χ3v) is 2.53. The van der Waals surface area contributed by atoms with Crippen molar-refractivity contribution < 1.29 is 0 Å². The van der Waals surface area contributed by atoms with Gasteiger partial charge in [0, 0.05) is 24.5 Å². The molecule has 0 aliphatic carbocycles. The summed E-state index contributed by atoms with van der Waals surface area (Å²) < 4.78 is 1.80. The van der Waals surface area contributed by atoms with Crippen LogP contribution in [0.2, 0.25) is 0 Å². The van der Waals surface area contributed by atoms with Crippen molar-refractivity contribution in [3.8, 4) is 0 Å². The molecule has 6 heteroatoms. The Morgan fingerprint density at radius 1 is 1.39 bits per heavy atom. The number of nitrogens with two attached hydrogens (primary N) is 1. The van der Waals surface area contributed by atoms with Gasteiger partial charge in [-0.15, -0.1) is 0 Å². The van der Waals surface area contributed by atoms with E-state index in [1.165, 1.54) is 0 Å². The molecule has 3 N–H and O–H groups in total. The van der Waals surface area contributed by atoms with E-state index < -0.39 is 0 Å². The quantitative estimate of drug-likeness (QED) is 0.803. The fourth-order valence-electron chi connectivity index (χ4n) is 1.69. The lowest BCUT2D eigenvalue weighted by molar-refractivity contribution is 0.637. The van der Waals surface area contributed by atoms with Gasteiger partial charge in [0.15, 0.2) is 0 Å². The van der Waals surface area contributed by atoms with E-state index >= 15 is 0 Å². The molecule has 0 aromatic carbocycles. The van der Waals surface area contributed by atoms with E-state index in [4.69, 9.17) is 5.73 Å². The number of anilines is 2. The molecule has 0 atom stereocenters. The average molecular weight is 246 g/mol. The third kappa shape index (κ3) is 3.44. The van der Waals surface area contributed by atoms with Gasteiger partial charge in [-0.2, -0.15) is 5.10 Å². The van der Waals surface area contributed by atoms with Gasteiger partial charge in [-0.05, 0) is 6.42 Å². The molecule has 0 amide bonds. The van der Waals surface area contributed by atoms with Crippen LogP contribution in [0.1, 0.15) is 19.0 Å². The molecule has 18 heavy (non-hydrogen) atoms. The number of aryl methyl sites for hydroxylation is 1. The predicted octanol–water partition coefficient (Wildman–Crippen LogP) is 1.32. The molecule has 0 radical (unpaired) electrons. The maximum Gasteiger partial charge on any atom is 0.129 e. The molecule has 0 aliphatic rings. The van der Waals surface area contributed by atoms with Crippen molar-refractivity contribution in [2.75, 3.05) is 17.6 Å². The summed E-state index contributed by atoms with van der Waals surface area (Å²) in [5.41, 5.74) is 7.34. The topological polar surface area (TPSA) is 81.7 Å². The Balaban J connectivity index is 1.84. The van der Waals surface area contributed by atoms with Crippen LogP contribution >= 0.6 is 0 Å². The Morgan fingerprint density at radius 3 is 3.00 bits per heavy atom. The molecule has 2 rings (SSSR count). The van der Waals surface area contributed by atoms with Crippen molar-refractivity contribution in [2.24, 2.45) is 0 Å². The molecule has 0 bridgehead atoms. The van der Waals surface area contributed by atoms with Gasteiger partial charge in [-0.1, -0.05) is 13.3 Å². The van der Waals surface area contributed by atoms with Gasteiger partial charge >= 0.3 is 0 Å². The Kier molecular flexibility index (Phi) is 4.11. The zero-order chi connectivity index (χ0) is 12.8. The first kappa shape index (κ1) is 12.3. The maximum absolute atomic E-state index is 5.59. The van der Waals surface area contributed by atoms with Crippen LogP contribution in [0.4, 0.5) is 11.5 Å². The summed E-state index contributed by atoms with van der Waals surface area (Å²) in [6, 6.07) is 1.99. The van der Waals surface area contributed by atoms with E-state index in [9.17, 15) is 0 Å². The monoisotopic (exact) mass is 246 g/mol. The summed E-state index contributed by atoms with van der Waals surface area (Å²) in [7, 11) is 0. The zero-order valence-corrected chi connectivity index (χ0v) is 10.5. The highest BCUT2D eigenvalue weighted by atomic mass is 15.3. The lowest BCUT2D eigenvalue weighted by Gasteiger charge is -2.06. The smallest absolute Gasteiger partial charge is 0.129 e. The van der Waals surface area contributed by atoms with Gasteiger partial charge in [0.25, 0.3) is 0 Å². The summed E-state index contributed by atoms with van der Waals surface area (Å²) in [6.45, 7) is 3.64. The van der Waals surface area contributed by atoms with Gasteiger partial charge in [0.05, 0.1) is 18.4 Å². The number of rotatable bonds is 6. The molecular formula is C12H18N6. The Morgan fingerprint density at radius 2 is 2.28 bits per heavy atom. The molecule has 2 heterocycles. The minimum Gasteiger partial charge on any atom is -0.396 e. The van der Waals surface area contributed by atoms with Crippen LogP contribution in [0.5, 0.6) is 0 Å². The van der Waals surface area contributed by atoms with Gasteiger partial charge in [-0.25, -0.2) is 9.97 Å². The largest absolute Gasteiger partial charge is 0.396 e. The van der Waals surface area contributed by atoms with Crippen LogP contribution in [0.3, 0.4) is 0 Å². The van der Waals surface area contributed by atoms with E-state index in [0.717, 1.165) is 37.4 Å². The number of nitrogens with zero attached hydrogens (tertiary/aromatic N) is 4. The Hall–Kier alpha value is -2.11. The highest BCUT2D eigenvalue weighted by Gasteiger charge is 1.98. The predicted molar refractivity (Wildman–Crippen MR) is 71.2 cm³/mol. The van der Waals surface area contributed by atoms with E-state index in [-0.39, 0.29) is 0 Å². The molecule has 0 fully saturated rings. The van der Waals surface area contributed by atoms with Crippen molar-refractivity contribution in [1.82, 2.24) is 19.7 Å². The molecule has 0 saturated carbocycles. The normalized spacial score (nSPS) is 10.5. The fourth-order valence-corrected chi connectivity index (χ4v) is 1.69. The fraction of sp³-hybridized carbons (Fsp3) is 0.417. The molecule has 2 aromatic rings. The minimum absolute atomic E-state index is 0.683. The summed E-state index contributed by atoms with van der Waals surface area (Å²) in [5.74, 6) is 0.855. The third-order valence-electron chi connectivity index (χ3n) is 2.53.